The topological polar surface area (TPSA) is 63.5 Å². The molecule has 136 valence electrons. The molecule has 2 rings (SSSR count). The highest BCUT2D eigenvalue weighted by Gasteiger charge is 2.41. The van der Waals surface area contributed by atoms with E-state index in [4.69, 9.17) is 0 Å². The summed E-state index contributed by atoms with van der Waals surface area (Å²) >= 11 is 0. The molecule has 0 amide bonds. The van der Waals surface area contributed by atoms with Crippen LogP contribution in [-0.4, -0.2) is 23.4 Å². The standard InChI is InChI=1S/C18H15F3N2O3/c1-2-22(14-8-10-15(11-9-14)23(25)26)12-16(17(24)18(19,20)21)13-6-4-3-5-7-13/h3-12H,2H2,1H3/b16-12-. The lowest BCUT2D eigenvalue weighted by Gasteiger charge is -2.21. The predicted octanol–water partition coefficient (Wildman–Crippen LogP) is 4.59. The van der Waals surface area contributed by atoms with Crippen molar-refractivity contribution >= 4 is 22.7 Å². The minimum atomic E-state index is -5.02. The van der Waals surface area contributed by atoms with Crippen molar-refractivity contribution in [2.75, 3.05) is 11.4 Å². The fourth-order valence-electron chi connectivity index (χ4n) is 2.30. The molecule has 8 heteroatoms. The highest BCUT2D eigenvalue weighted by Crippen LogP contribution is 2.29. The molecule has 2 aromatic rings. The maximum atomic E-state index is 13.0. The monoisotopic (exact) mass is 364 g/mol. The molecule has 0 heterocycles. The van der Waals surface area contributed by atoms with Crippen LogP contribution in [0.15, 0.2) is 60.8 Å². The lowest BCUT2D eigenvalue weighted by molar-refractivity contribution is -0.384. The largest absolute Gasteiger partial charge is 0.454 e. The first kappa shape index (κ1) is 19.2. The van der Waals surface area contributed by atoms with Crippen LogP contribution in [0.5, 0.6) is 0 Å². The number of benzene rings is 2. The minimum Gasteiger partial charge on any atom is -0.347 e. The van der Waals surface area contributed by atoms with Gasteiger partial charge in [-0.2, -0.15) is 13.2 Å². The summed E-state index contributed by atoms with van der Waals surface area (Å²) < 4.78 is 39.0. The molecule has 0 fully saturated rings. The summed E-state index contributed by atoms with van der Waals surface area (Å²) in [6.45, 7) is 1.96. The molecule has 0 aliphatic rings. The highest BCUT2D eigenvalue weighted by molar-refractivity contribution is 6.23. The van der Waals surface area contributed by atoms with Crippen molar-refractivity contribution in [3.8, 4) is 0 Å². The first-order valence-corrected chi connectivity index (χ1v) is 7.64. The molecule has 2 aromatic carbocycles. The summed E-state index contributed by atoms with van der Waals surface area (Å²) in [4.78, 5) is 23.5. The number of hydrogen-bond acceptors (Lipinski definition) is 4. The quantitative estimate of drug-likeness (QED) is 0.427. The van der Waals surface area contributed by atoms with Crippen LogP contribution in [0, 0.1) is 10.1 Å². The van der Waals surface area contributed by atoms with E-state index >= 15 is 0 Å². The first-order valence-electron chi connectivity index (χ1n) is 7.64. The van der Waals surface area contributed by atoms with E-state index in [1.165, 1.54) is 53.4 Å². The number of nitro benzene ring substituents is 1. The molecule has 0 radical (unpaired) electrons. The Kier molecular flexibility index (Phi) is 5.76. The Bertz CT molecular complexity index is 816. The zero-order valence-electron chi connectivity index (χ0n) is 13.7. The van der Waals surface area contributed by atoms with Crippen LogP contribution in [-0.2, 0) is 4.79 Å². The number of nitro groups is 1. The third-order valence-corrected chi connectivity index (χ3v) is 3.60. The SMILES string of the molecule is CCN(/C=C(\C(=O)C(F)(F)F)c1ccccc1)c1ccc([N+](=O)[O-])cc1. The second-order valence-electron chi connectivity index (χ2n) is 5.30. The van der Waals surface area contributed by atoms with Gasteiger partial charge in [-0.15, -0.1) is 0 Å². The van der Waals surface area contributed by atoms with Gasteiger partial charge in [-0.1, -0.05) is 30.3 Å². The van der Waals surface area contributed by atoms with E-state index in [9.17, 15) is 28.1 Å². The number of halogens is 3. The van der Waals surface area contributed by atoms with Crippen molar-refractivity contribution < 1.29 is 22.9 Å². The summed E-state index contributed by atoms with van der Waals surface area (Å²) in [6, 6.07) is 12.9. The molecule has 0 atom stereocenters. The number of carbonyl (C=O) groups excluding carboxylic acids is 1. The number of non-ortho nitro benzene ring substituents is 1. The Morgan fingerprint density at radius 3 is 2.15 bits per heavy atom. The van der Waals surface area contributed by atoms with Crippen LogP contribution in [0.4, 0.5) is 24.5 Å². The van der Waals surface area contributed by atoms with Crippen LogP contribution in [0.25, 0.3) is 5.57 Å². The number of carbonyl (C=O) groups is 1. The Morgan fingerprint density at radius 2 is 1.69 bits per heavy atom. The van der Waals surface area contributed by atoms with Gasteiger partial charge in [-0.3, -0.25) is 14.9 Å². The summed E-state index contributed by atoms with van der Waals surface area (Å²) in [5.74, 6) is -1.95. The number of nitrogens with zero attached hydrogens (tertiary/aromatic N) is 2. The van der Waals surface area contributed by atoms with Crippen molar-refractivity contribution in [2.45, 2.75) is 13.1 Å². The van der Waals surface area contributed by atoms with Crippen LogP contribution < -0.4 is 4.90 Å². The third kappa shape index (κ3) is 4.47. The normalized spacial score (nSPS) is 11.9. The number of alkyl halides is 3. The Balaban J connectivity index is 2.49. The van der Waals surface area contributed by atoms with Gasteiger partial charge in [0, 0.05) is 30.6 Å². The van der Waals surface area contributed by atoms with Crippen molar-refractivity contribution in [1.82, 2.24) is 0 Å². The van der Waals surface area contributed by atoms with Crippen LogP contribution in [0.3, 0.4) is 0 Å². The smallest absolute Gasteiger partial charge is 0.347 e. The van der Waals surface area contributed by atoms with E-state index in [1.807, 2.05) is 0 Å². The average Bonchev–Trinajstić information content (AvgIpc) is 2.62. The molecule has 0 aliphatic carbocycles. The maximum Gasteiger partial charge on any atom is 0.454 e. The molecule has 0 saturated carbocycles. The lowest BCUT2D eigenvalue weighted by Crippen LogP contribution is -2.26. The van der Waals surface area contributed by atoms with E-state index < -0.39 is 22.5 Å². The number of ketones is 1. The first-order chi connectivity index (χ1) is 12.2. The van der Waals surface area contributed by atoms with Crippen molar-refractivity contribution in [3.05, 3.63) is 76.5 Å². The molecule has 0 bridgehead atoms. The Labute approximate surface area is 147 Å². The third-order valence-electron chi connectivity index (χ3n) is 3.60. The zero-order valence-corrected chi connectivity index (χ0v) is 13.7. The van der Waals surface area contributed by atoms with E-state index in [0.29, 0.717) is 5.69 Å². The van der Waals surface area contributed by atoms with Gasteiger partial charge >= 0.3 is 6.18 Å². The summed E-state index contributed by atoms with van der Waals surface area (Å²) in [5, 5.41) is 10.7. The lowest BCUT2D eigenvalue weighted by atomic mass is 10.0. The molecule has 0 aliphatic heterocycles. The van der Waals surface area contributed by atoms with E-state index in [-0.39, 0.29) is 17.8 Å². The number of anilines is 1. The van der Waals surface area contributed by atoms with Gasteiger partial charge in [0.05, 0.1) is 10.5 Å². The van der Waals surface area contributed by atoms with E-state index in [2.05, 4.69) is 0 Å². The highest BCUT2D eigenvalue weighted by atomic mass is 19.4. The second-order valence-corrected chi connectivity index (χ2v) is 5.30. The molecule has 0 unspecified atom stereocenters. The van der Waals surface area contributed by atoms with Gasteiger partial charge in [0.15, 0.2) is 0 Å². The molecular formula is C18H15F3N2O3. The molecule has 0 N–H and O–H groups in total. The van der Waals surface area contributed by atoms with Crippen LogP contribution in [0.1, 0.15) is 12.5 Å². The summed E-state index contributed by atoms with van der Waals surface area (Å²) in [6.07, 6.45) is -3.90. The van der Waals surface area contributed by atoms with Gasteiger partial charge in [0.1, 0.15) is 0 Å². The van der Waals surface area contributed by atoms with Crippen molar-refractivity contribution in [1.29, 1.82) is 0 Å². The molecule has 0 spiro atoms. The number of rotatable bonds is 6. The molecule has 0 aromatic heterocycles. The molecular weight excluding hydrogens is 349 g/mol. The Morgan fingerprint density at radius 1 is 1.12 bits per heavy atom. The van der Waals surface area contributed by atoms with Crippen molar-refractivity contribution in [3.63, 3.8) is 0 Å². The van der Waals surface area contributed by atoms with Crippen LogP contribution >= 0.6 is 0 Å². The predicted molar refractivity (Wildman–Crippen MR) is 91.6 cm³/mol. The molecule has 5 nitrogen and oxygen atoms in total. The number of Topliss-reactive ketones (excluding diaryl/α,β-unsaturated/α-hetero) is 1. The fourth-order valence-corrected chi connectivity index (χ4v) is 2.30. The summed E-state index contributed by atoms with van der Waals surface area (Å²) in [5.41, 5.74) is -0.0709. The maximum absolute atomic E-state index is 13.0. The van der Waals surface area contributed by atoms with Gasteiger partial charge in [-0.25, -0.2) is 0 Å². The fraction of sp³-hybridized carbons (Fsp3) is 0.167. The van der Waals surface area contributed by atoms with Gasteiger partial charge < -0.3 is 4.90 Å². The number of allylic oxidation sites excluding steroid dienone is 1. The second kappa shape index (κ2) is 7.81. The summed E-state index contributed by atoms with van der Waals surface area (Å²) in [7, 11) is 0. The zero-order chi connectivity index (χ0) is 19.3. The van der Waals surface area contributed by atoms with Gasteiger partial charge in [0.2, 0.25) is 0 Å². The minimum absolute atomic E-state index is 0.134. The van der Waals surface area contributed by atoms with E-state index in [0.717, 1.165) is 6.20 Å². The van der Waals surface area contributed by atoms with Gasteiger partial charge in [0.25, 0.3) is 11.5 Å². The molecule has 0 saturated heterocycles. The average molecular weight is 364 g/mol. The van der Waals surface area contributed by atoms with E-state index in [1.54, 1.807) is 13.0 Å². The number of hydrogen-bond donors (Lipinski definition) is 0. The Hall–Kier alpha value is -3.16. The van der Waals surface area contributed by atoms with Crippen LogP contribution in [0.2, 0.25) is 0 Å². The van der Waals surface area contributed by atoms with Crippen molar-refractivity contribution in [2.24, 2.45) is 0 Å². The molecule has 26 heavy (non-hydrogen) atoms. The van der Waals surface area contributed by atoms with Gasteiger partial charge in [-0.05, 0) is 24.6 Å².